The van der Waals surface area contributed by atoms with Gasteiger partial charge in [-0.15, -0.1) is 0 Å². The second-order valence-corrected chi connectivity index (χ2v) is 25.0. The van der Waals surface area contributed by atoms with Gasteiger partial charge < -0.3 is 15.5 Å². The fourth-order valence-corrected chi connectivity index (χ4v) is 11.6. The van der Waals surface area contributed by atoms with E-state index in [9.17, 15) is 15.0 Å². The topological polar surface area (TPSA) is 69.6 Å². The highest BCUT2D eigenvalue weighted by molar-refractivity contribution is 5.76. The summed E-state index contributed by atoms with van der Waals surface area (Å²) in [7, 11) is 0. The van der Waals surface area contributed by atoms with Gasteiger partial charge >= 0.3 is 0 Å². The summed E-state index contributed by atoms with van der Waals surface area (Å²) >= 11 is 0. The summed E-state index contributed by atoms with van der Waals surface area (Å²) in [6.45, 7) is 4.29. The van der Waals surface area contributed by atoms with Crippen molar-refractivity contribution in [3.8, 4) is 0 Å². The standard InChI is InChI=1S/C76H143NO3/c1-3-5-7-9-11-13-15-17-19-21-23-25-27-29-31-33-34-35-36-37-38-39-40-41-42-44-46-48-50-52-54-56-58-60-62-64-66-68-70-72-76(80)77-74(73-78)75(79)71-69-67-65-63-61-59-57-55-53-51-49-47-45-43-32-30-28-26-24-22-20-18-16-14-12-10-8-6-4-2/h5,7,11,13,17,19,23,25,29,31,74-75,78-79H,3-4,6,8-10,12,14-16,18,20-22,24,26-28,30,32-73H2,1-2H3,(H,77,80)/b7-5-,13-11-,19-17-,25-23-,31-29-. The Labute approximate surface area is 502 Å². The first-order valence-electron chi connectivity index (χ1n) is 36.5. The first-order valence-corrected chi connectivity index (χ1v) is 36.5. The minimum atomic E-state index is -0.661. The fraction of sp³-hybridized carbons (Fsp3) is 0.855. The molecule has 80 heavy (non-hydrogen) atoms. The molecule has 0 aliphatic rings. The highest BCUT2D eigenvalue weighted by Gasteiger charge is 2.20. The van der Waals surface area contributed by atoms with Crippen LogP contribution < -0.4 is 5.32 Å². The third-order valence-corrected chi connectivity index (χ3v) is 17.0. The Bertz CT molecular complexity index is 1310. The number of unbranched alkanes of at least 4 members (excludes halogenated alkanes) is 51. The van der Waals surface area contributed by atoms with E-state index in [0.717, 1.165) is 57.8 Å². The van der Waals surface area contributed by atoms with Crippen LogP contribution in [0, 0.1) is 0 Å². The van der Waals surface area contributed by atoms with Gasteiger partial charge in [-0.3, -0.25) is 4.79 Å². The van der Waals surface area contributed by atoms with Gasteiger partial charge in [0.05, 0.1) is 18.8 Å². The van der Waals surface area contributed by atoms with E-state index in [2.05, 4.69) is 79.9 Å². The summed E-state index contributed by atoms with van der Waals surface area (Å²) in [4.78, 5) is 12.6. The van der Waals surface area contributed by atoms with Crippen LogP contribution in [0.3, 0.4) is 0 Å². The average molecular weight is 1120 g/mol. The zero-order valence-electron chi connectivity index (χ0n) is 54.4. The number of hydrogen-bond donors (Lipinski definition) is 3. The summed E-state index contributed by atoms with van der Waals surface area (Å²) in [5.74, 6) is -0.0230. The van der Waals surface area contributed by atoms with E-state index in [4.69, 9.17) is 0 Å². The van der Waals surface area contributed by atoms with Gasteiger partial charge in [0.2, 0.25) is 5.91 Å². The van der Waals surface area contributed by atoms with Gasteiger partial charge in [0.15, 0.2) is 0 Å². The number of rotatable bonds is 68. The molecule has 0 aromatic carbocycles. The van der Waals surface area contributed by atoms with Crippen molar-refractivity contribution in [2.24, 2.45) is 0 Å². The van der Waals surface area contributed by atoms with Crippen molar-refractivity contribution in [3.05, 3.63) is 60.8 Å². The maximum atomic E-state index is 12.6. The quantitative estimate of drug-likeness (QED) is 0.0420. The van der Waals surface area contributed by atoms with Crippen LogP contribution in [0.5, 0.6) is 0 Å². The first-order chi connectivity index (χ1) is 39.7. The lowest BCUT2D eigenvalue weighted by Crippen LogP contribution is -2.45. The number of carbonyl (C=O) groups is 1. The van der Waals surface area contributed by atoms with Crippen molar-refractivity contribution >= 4 is 5.91 Å². The molecule has 0 saturated heterocycles. The van der Waals surface area contributed by atoms with Crippen LogP contribution in [-0.4, -0.2) is 34.9 Å². The molecule has 4 heteroatoms. The second kappa shape index (κ2) is 71.4. The van der Waals surface area contributed by atoms with Crippen molar-refractivity contribution in [2.45, 2.75) is 411 Å². The Morgan fingerprint density at radius 1 is 0.312 bits per heavy atom. The molecule has 0 aliphatic heterocycles. The predicted molar refractivity (Wildman–Crippen MR) is 359 cm³/mol. The average Bonchev–Trinajstić information content (AvgIpc) is 3.46. The molecule has 2 unspecified atom stereocenters. The van der Waals surface area contributed by atoms with Gasteiger partial charge in [-0.1, -0.05) is 396 Å². The van der Waals surface area contributed by atoms with Crippen molar-refractivity contribution in [3.63, 3.8) is 0 Å². The van der Waals surface area contributed by atoms with Crippen molar-refractivity contribution < 1.29 is 15.0 Å². The Kier molecular flexibility index (Phi) is 69.6. The molecule has 1 amide bonds. The molecule has 470 valence electrons. The molecule has 2 atom stereocenters. The van der Waals surface area contributed by atoms with E-state index in [1.807, 2.05) is 0 Å². The van der Waals surface area contributed by atoms with Crippen LogP contribution in [0.1, 0.15) is 399 Å². The Morgan fingerprint density at radius 2 is 0.550 bits per heavy atom. The van der Waals surface area contributed by atoms with Crippen LogP contribution in [0.4, 0.5) is 0 Å². The molecule has 0 aliphatic carbocycles. The largest absolute Gasteiger partial charge is 0.394 e. The van der Waals surface area contributed by atoms with Gasteiger partial charge in [-0.25, -0.2) is 0 Å². The minimum Gasteiger partial charge on any atom is -0.394 e. The summed E-state index contributed by atoms with van der Waals surface area (Å²) in [5.41, 5.74) is 0. The van der Waals surface area contributed by atoms with Crippen molar-refractivity contribution in [2.75, 3.05) is 6.61 Å². The van der Waals surface area contributed by atoms with E-state index in [1.54, 1.807) is 0 Å². The minimum absolute atomic E-state index is 0.0230. The lowest BCUT2D eigenvalue weighted by Gasteiger charge is -2.22. The molecular weight excluding hydrogens is 975 g/mol. The van der Waals surface area contributed by atoms with Crippen molar-refractivity contribution in [1.29, 1.82) is 0 Å². The first kappa shape index (κ1) is 78.1. The third kappa shape index (κ3) is 66.9. The maximum absolute atomic E-state index is 12.6. The molecule has 0 fully saturated rings. The number of aliphatic hydroxyl groups excluding tert-OH is 2. The van der Waals surface area contributed by atoms with Gasteiger partial charge in [0.25, 0.3) is 0 Å². The lowest BCUT2D eigenvalue weighted by atomic mass is 10.0. The predicted octanol–water partition coefficient (Wildman–Crippen LogP) is 25.1. The lowest BCUT2D eigenvalue weighted by molar-refractivity contribution is -0.123. The normalized spacial score (nSPS) is 13.0. The van der Waals surface area contributed by atoms with E-state index in [0.29, 0.717) is 12.8 Å². The van der Waals surface area contributed by atoms with E-state index >= 15 is 0 Å². The van der Waals surface area contributed by atoms with Crippen molar-refractivity contribution in [1.82, 2.24) is 5.32 Å². The van der Waals surface area contributed by atoms with Gasteiger partial charge in [0, 0.05) is 6.42 Å². The molecule has 0 aromatic heterocycles. The molecular formula is C76H143NO3. The molecule has 0 rings (SSSR count). The Balaban J connectivity index is 3.39. The second-order valence-electron chi connectivity index (χ2n) is 25.0. The summed E-state index contributed by atoms with van der Waals surface area (Å²) < 4.78 is 0. The van der Waals surface area contributed by atoms with Crippen LogP contribution >= 0.6 is 0 Å². The maximum Gasteiger partial charge on any atom is 0.220 e. The van der Waals surface area contributed by atoms with Crippen LogP contribution in [0.2, 0.25) is 0 Å². The SMILES string of the molecule is CC/C=C\C/C=C\C/C=C\C/C=C\C/C=C\CCCCCCCCCCCCCCCCCCCCCCCCCC(=O)NC(CO)C(O)CCCCCCCCCCCCCCCCCCCCCCCCCCCCCCC. The number of hydrogen-bond acceptors (Lipinski definition) is 3. The van der Waals surface area contributed by atoms with Gasteiger partial charge in [-0.2, -0.15) is 0 Å². The van der Waals surface area contributed by atoms with E-state index in [-0.39, 0.29) is 12.5 Å². The highest BCUT2D eigenvalue weighted by Crippen LogP contribution is 2.20. The molecule has 3 N–H and O–H groups in total. The Morgan fingerprint density at radius 3 is 0.825 bits per heavy atom. The highest BCUT2D eigenvalue weighted by atomic mass is 16.3. The molecule has 0 aromatic rings. The number of amides is 1. The number of carbonyl (C=O) groups excluding carboxylic acids is 1. The zero-order valence-corrected chi connectivity index (χ0v) is 54.4. The van der Waals surface area contributed by atoms with Crippen LogP contribution in [0.15, 0.2) is 60.8 Å². The number of allylic oxidation sites excluding steroid dienone is 10. The van der Waals surface area contributed by atoms with Gasteiger partial charge in [0.1, 0.15) is 0 Å². The summed E-state index contributed by atoms with van der Waals surface area (Å²) in [5, 5.41) is 23.5. The van der Waals surface area contributed by atoms with Crippen LogP contribution in [0.25, 0.3) is 0 Å². The number of aliphatic hydroxyl groups is 2. The molecule has 0 spiro atoms. The smallest absolute Gasteiger partial charge is 0.220 e. The summed E-state index contributed by atoms with van der Waals surface area (Å²) in [6.07, 6.45) is 102. The molecule has 4 nitrogen and oxygen atoms in total. The molecule has 0 saturated carbocycles. The molecule has 0 radical (unpaired) electrons. The van der Waals surface area contributed by atoms with Gasteiger partial charge in [-0.05, 0) is 57.8 Å². The molecule has 0 heterocycles. The van der Waals surface area contributed by atoms with E-state index in [1.165, 1.54) is 315 Å². The monoisotopic (exact) mass is 1120 g/mol. The fourth-order valence-electron chi connectivity index (χ4n) is 11.6. The zero-order chi connectivity index (χ0) is 57.6. The van der Waals surface area contributed by atoms with Crippen LogP contribution in [-0.2, 0) is 4.79 Å². The van der Waals surface area contributed by atoms with E-state index < -0.39 is 12.1 Å². The summed E-state index contributed by atoms with van der Waals surface area (Å²) in [6, 6.07) is -0.538. The molecule has 0 bridgehead atoms. The number of nitrogens with one attached hydrogen (secondary N) is 1. The third-order valence-electron chi connectivity index (χ3n) is 17.0. The Hall–Kier alpha value is -1.91.